The summed E-state index contributed by atoms with van der Waals surface area (Å²) >= 11 is 6.13. The number of hydrogen-bond donors (Lipinski definition) is 2. The highest BCUT2D eigenvalue weighted by Crippen LogP contribution is 2.34. The number of hydrogen-bond acceptors (Lipinski definition) is 4. The molecule has 9 heteroatoms. The van der Waals surface area contributed by atoms with Gasteiger partial charge in [0.25, 0.3) is 11.8 Å². The van der Waals surface area contributed by atoms with Gasteiger partial charge < -0.3 is 20.4 Å². The lowest BCUT2D eigenvalue weighted by atomic mass is 10.0. The Bertz CT molecular complexity index is 1350. The van der Waals surface area contributed by atoms with Crippen molar-refractivity contribution in [2.75, 3.05) is 38.0 Å². The van der Waals surface area contributed by atoms with Crippen LogP contribution in [0.3, 0.4) is 0 Å². The zero-order valence-corrected chi connectivity index (χ0v) is 23.0. The summed E-state index contributed by atoms with van der Waals surface area (Å²) in [7, 11) is 0. The maximum absolute atomic E-state index is 14.3. The minimum Gasteiger partial charge on any atom is -0.345 e. The summed E-state index contributed by atoms with van der Waals surface area (Å²) in [5.41, 5.74) is 2.14. The average molecular weight is 563 g/mol. The molecular weight excluding hydrogens is 531 g/mol. The Labute approximate surface area is 238 Å². The van der Waals surface area contributed by atoms with E-state index in [0.717, 1.165) is 31.6 Å². The van der Waals surface area contributed by atoms with E-state index in [-0.39, 0.29) is 34.3 Å². The highest BCUT2D eigenvalue weighted by atomic mass is 35.5. The van der Waals surface area contributed by atoms with Crippen molar-refractivity contribution in [3.8, 4) is 0 Å². The smallest absolute Gasteiger partial charge is 0.258 e. The average Bonchev–Trinajstić information content (AvgIpc) is 3.50. The predicted molar refractivity (Wildman–Crippen MR) is 153 cm³/mol. The monoisotopic (exact) mass is 562 g/mol. The van der Waals surface area contributed by atoms with Crippen molar-refractivity contribution < 1.29 is 18.8 Å². The number of carbonyl (C=O) groups excluding carboxylic acids is 3. The van der Waals surface area contributed by atoms with Gasteiger partial charge in [-0.1, -0.05) is 48.0 Å². The molecule has 2 N–H and O–H groups in total. The van der Waals surface area contributed by atoms with E-state index in [9.17, 15) is 18.8 Å². The van der Waals surface area contributed by atoms with Gasteiger partial charge in [-0.3, -0.25) is 14.4 Å². The molecule has 2 aliphatic rings. The summed E-state index contributed by atoms with van der Waals surface area (Å²) in [6.07, 6.45) is 0.729. The maximum Gasteiger partial charge on any atom is 0.258 e. The van der Waals surface area contributed by atoms with Crippen LogP contribution in [0.1, 0.15) is 45.7 Å². The molecule has 2 unspecified atom stereocenters. The molecule has 2 saturated heterocycles. The van der Waals surface area contributed by atoms with Gasteiger partial charge in [-0.2, -0.15) is 0 Å². The molecule has 40 heavy (non-hydrogen) atoms. The zero-order valence-electron chi connectivity index (χ0n) is 22.3. The van der Waals surface area contributed by atoms with Crippen molar-refractivity contribution in [1.29, 1.82) is 0 Å². The molecular formula is C31H32ClFN4O3. The lowest BCUT2D eigenvalue weighted by Gasteiger charge is -2.25. The fraction of sp³-hybridized carbons (Fsp3) is 0.323. The van der Waals surface area contributed by atoms with E-state index in [2.05, 4.69) is 15.5 Å². The number of rotatable bonds is 8. The van der Waals surface area contributed by atoms with Gasteiger partial charge in [0.15, 0.2) is 0 Å². The Morgan fingerprint density at radius 3 is 2.23 bits per heavy atom. The summed E-state index contributed by atoms with van der Waals surface area (Å²) in [6, 6.07) is 20.9. The molecule has 3 aromatic carbocycles. The van der Waals surface area contributed by atoms with Gasteiger partial charge >= 0.3 is 0 Å². The lowest BCUT2D eigenvalue weighted by Crippen LogP contribution is -2.35. The molecule has 5 rings (SSSR count). The number of likely N-dealkylation sites (tertiary alicyclic amines) is 2. The Morgan fingerprint density at radius 2 is 1.60 bits per heavy atom. The Morgan fingerprint density at radius 1 is 0.925 bits per heavy atom. The fourth-order valence-electron chi connectivity index (χ4n) is 5.77. The molecule has 3 amide bonds. The van der Waals surface area contributed by atoms with E-state index in [0.29, 0.717) is 36.2 Å². The minimum atomic E-state index is -0.589. The number of amides is 3. The van der Waals surface area contributed by atoms with Crippen LogP contribution in [-0.4, -0.2) is 60.2 Å². The Balaban J connectivity index is 1.18. The molecule has 0 bridgehead atoms. The van der Waals surface area contributed by atoms with E-state index in [1.54, 1.807) is 35.2 Å². The van der Waals surface area contributed by atoms with Crippen molar-refractivity contribution in [3.63, 3.8) is 0 Å². The fourth-order valence-corrected chi connectivity index (χ4v) is 6.01. The molecule has 208 valence electrons. The van der Waals surface area contributed by atoms with Gasteiger partial charge in [0, 0.05) is 50.9 Å². The normalized spacial score (nSPS) is 19.2. The number of carbonyl (C=O) groups is 3. The molecule has 3 aromatic rings. The van der Waals surface area contributed by atoms with Crippen molar-refractivity contribution in [3.05, 3.63) is 100 Å². The van der Waals surface area contributed by atoms with Crippen LogP contribution >= 0.6 is 11.6 Å². The van der Waals surface area contributed by atoms with E-state index in [1.807, 2.05) is 30.3 Å². The second kappa shape index (κ2) is 12.2. The van der Waals surface area contributed by atoms with E-state index in [1.165, 1.54) is 19.1 Å². The highest BCUT2D eigenvalue weighted by Gasteiger charge is 2.42. The van der Waals surface area contributed by atoms with Crippen molar-refractivity contribution in [1.82, 2.24) is 15.1 Å². The van der Waals surface area contributed by atoms with Gasteiger partial charge in [0.05, 0.1) is 16.6 Å². The Kier molecular flexibility index (Phi) is 8.47. The number of fused-ring (bicyclic) bond motifs is 1. The summed E-state index contributed by atoms with van der Waals surface area (Å²) in [5, 5.41) is 6.03. The largest absolute Gasteiger partial charge is 0.345 e. The number of anilines is 1. The SMILES string of the molecule is CC(=O)Nc1ccc(C(=O)N[C@@H](CCN2CC3CN(C(=O)c4c(F)cccc4Cl)CC3C2)c2ccccc2)cc1. The second-order valence-electron chi connectivity index (χ2n) is 10.6. The van der Waals surface area contributed by atoms with Gasteiger partial charge in [0.2, 0.25) is 5.91 Å². The van der Waals surface area contributed by atoms with Crippen LogP contribution < -0.4 is 10.6 Å². The first-order valence-corrected chi connectivity index (χ1v) is 13.9. The number of nitrogens with zero attached hydrogens (tertiary/aromatic N) is 2. The van der Waals surface area contributed by atoms with E-state index >= 15 is 0 Å². The summed E-state index contributed by atoms with van der Waals surface area (Å²) in [4.78, 5) is 41.5. The number of halogens is 2. The Hall–Kier alpha value is -3.75. The summed E-state index contributed by atoms with van der Waals surface area (Å²) < 4.78 is 14.3. The molecule has 0 aromatic heterocycles. The van der Waals surface area contributed by atoms with Crippen molar-refractivity contribution in [2.45, 2.75) is 19.4 Å². The standard InChI is InChI=1S/C31H32ClFN4O3/c1-20(38)34-25-12-10-22(11-13-25)30(39)35-28(21-6-3-2-4-7-21)14-15-36-16-23-18-37(19-24(23)17-36)31(40)29-26(32)8-5-9-27(29)33/h2-13,23-24,28H,14-19H2,1H3,(H,34,38)(H,35,39)/t23?,24?,28-/m0/s1. The molecule has 0 spiro atoms. The first kappa shape index (κ1) is 27.8. The van der Waals surface area contributed by atoms with Crippen LogP contribution in [0.4, 0.5) is 10.1 Å². The molecule has 2 heterocycles. The molecule has 3 atom stereocenters. The first-order chi connectivity index (χ1) is 19.3. The first-order valence-electron chi connectivity index (χ1n) is 13.5. The third-order valence-electron chi connectivity index (χ3n) is 7.73. The van der Waals surface area contributed by atoms with Gasteiger partial charge in [-0.15, -0.1) is 0 Å². The summed E-state index contributed by atoms with van der Waals surface area (Å²) in [6.45, 7) is 5.09. The van der Waals surface area contributed by atoms with Gasteiger partial charge in [-0.25, -0.2) is 4.39 Å². The number of nitrogens with one attached hydrogen (secondary N) is 2. The molecule has 7 nitrogen and oxygen atoms in total. The molecule has 0 radical (unpaired) electrons. The molecule has 2 fully saturated rings. The van der Waals surface area contributed by atoms with Crippen LogP contribution in [0.2, 0.25) is 5.02 Å². The van der Waals surface area contributed by atoms with Crippen molar-refractivity contribution in [2.24, 2.45) is 11.8 Å². The van der Waals surface area contributed by atoms with Gasteiger partial charge in [-0.05, 0) is 60.2 Å². The van der Waals surface area contributed by atoms with Crippen LogP contribution in [0.5, 0.6) is 0 Å². The third kappa shape index (κ3) is 6.35. The number of benzene rings is 3. The highest BCUT2D eigenvalue weighted by molar-refractivity contribution is 6.33. The van der Waals surface area contributed by atoms with E-state index in [4.69, 9.17) is 11.6 Å². The third-order valence-corrected chi connectivity index (χ3v) is 8.05. The maximum atomic E-state index is 14.3. The van der Waals surface area contributed by atoms with E-state index < -0.39 is 5.82 Å². The summed E-state index contributed by atoms with van der Waals surface area (Å²) in [5.74, 6) is -0.638. The molecule has 0 saturated carbocycles. The molecule has 2 aliphatic heterocycles. The van der Waals surface area contributed by atoms with Crippen LogP contribution in [0.15, 0.2) is 72.8 Å². The topological polar surface area (TPSA) is 81.8 Å². The van der Waals surface area contributed by atoms with Crippen LogP contribution in [0, 0.1) is 17.7 Å². The van der Waals surface area contributed by atoms with Crippen LogP contribution in [0.25, 0.3) is 0 Å². The lowest BCUT2D eigenvalue weighted by molar-refractivity contribution is -0.114. The van der Waals surface area contributed by atoms with Crippen LogP contribution in [-0.2, 0) is 4.79 Å². The quantitative estimate of drug-likeness (QED) is 0.405. The van der Waals surface area contributed by atoms with Crippen molar-refractivity contribution >= 4 is 35.0 Å². The van der Waals surface area contributed by atoms with Gasteiger partial charge in [0.1, 0.15) is 5.82 Å². The molecule has 0 aliphatic carbocycles. The zero-order chi connectivity index (χ0) is 28.2. The second-order valence-corrected chi connectivity index (χ2v) is 11.0. The minimum absolute atomic E-state index is 0.0489. The predicted octanol–water partition coefficient (Wildman–Crippen LogP) is 5.00.